The van der Waals surface area contributed by atoms with Crippen LogP contribution in [-0.2, 0) is 4.74 Å². The van der Waals surface area contributed by atoms with Crippen molar-refractivity contribution in [3.8, 4) is 5.75 Å². The summed E-state index contributed by atoms with van der Waals surface area (Å²) >= 11 is 0. The molecule has 0 spiro atoms. The van der Waals surface area contributed by atoms with Crippen LogP contribution < -0.4 is 9.64 Å². The number of quaternary nitrogens is 1. The van der Waals surface area contributed by atoms with E-state index in [1.165, 1.54) is 18.5 Å². The third-order valence-corrected chi connectivity index (χ3v) is 4.20. The molecule has 1 atom stereocenters. The van der Waals surface area contributed by atoms with Crippen LogP contribution in [0.25, 0.3) is 0 Å². The first-order valence-electron chi connectivity index (χ1n) is 7.93. The second kappa shape index (κ2) is 8.28. The molecule has 1 aromatic rings. The van der Waals surface area contributed by atoms with E-state index in [1.54, 1.807) is 4.90 Å². The van der Waals surface area contributed by atoms with E-state index >= 15 is 0 Å². The molecule has 1 aromatic carbocycles. The molecular weight excluding hydrogens is 250 g/mol. The van der Waals surface area contributed by atoms with Crippen molar-refractivity contribution >= 4 is 0 Å². The van der Waals surface area contributed by atoms with Crippen molar-refractivity contribution in [1.82, 2.24) is 0 Å². The van der Waals surface area contributed by atoms with Crippen LogP contribution in [0.5, 0.6) is 5.75 Å². The Morgan fingerprint density at radius 2 is 1.90 bits per heavy atom. The highest BCUT2D eigenvalue weighted by molar-refractivity contribution is 5.29. The van der Waals surface area contributed by atoms with Gasteiger partial charge in [-0.3, -0.25) is 0 Å². The second-order valence-corrected chi connectivity index (χ2v) is 5.69. The van der Waals surface area contributed by atoms with E-state index in [9.17, 15) is 0 Å². The maximum Gasteiger partial charge on any atom is 0.119 e. The van der Waals surface area contributed by atoms with E-state index in [-0.39, 0.29) is 0 Å². The predicted octanol–water partition coefficient (Wildman–Crippen LogP) is 1.88. The summed E-state index contributed by atoms with van der Waals surface area (Å²) in [5.41, 5.74) is 1.40. The van der Waals surface area contributed by atoms with E-state index in [1.807, 2.05) is 0 Å². The lowest BCUT2D eigenvalue weighted by molar-refractivity contribution is -0.908. The highest BCUT2D eigenvalue weighted by Crippen LogP contribution is 2.21. The van der Waals surface area contributed by atoms with Gasteiger partial charge in [0.25, 0.3) is 0 Å². The first kappa shape index (κ1) is 15.3. The minimum absolute atomic E-state index is 0.633. The fourth-order valence-corrected chi connectivity index (χ4v) is 2.55. The number of hydrogen-bond donors (Lipinski definition) is 1. The first-order chi connectivity index (χ1) is 9.79. The fourth-order valence-electron chi connectivity index (χ4n) is 2.55. The standard InChI is InChI=1S/C17H27NO2/c1-3-15(2)16-5-7-17(8-6-16)20-12-4-9-18-10-13-19-14-11-18/h5-8,15H,3-4,9-14H2,1-2H3/p+1/t15-/m1/s1. The molecule has 1 aliphatic rings. The smallest absolute Gasteiger partial charge is 0.119 e. The van der Waals surface area contributed by atoms with Gasteiger partial charge in [0.1, 0.15) is 18.8 Å². The molecule has 2 rings (SSSR count). The monoisotopic (exact) mass is 278 g/mol. The number of hydrogen-bond acceptors (Lipinski definition) is 2. The second-order valence-electron chi connectivity index (χ2n) is 5.69. The van der Waals surface area contributed by atoms with Crippen molar-refractivity contribution in [3.63, 3.8) is 0 Å². The summed E-state index contributed by atoms with van der Waals surface area (Å²) in [6.07, 6.45) is 2.30. The van der Waals surface area contributed by atoms with Crippen LogP contribution >= 0.6 is 0 Å². The molecule has 1 fully saturated rings. The van der Waals surface area contributed by atoms with Crippen LogP contribution in [-0.4, -0.2) is 39.5 Å². The number of benzene rings is 1. The molecule has 0 bridgehead atoms. The van der Waals surface area contributed by atoms with E-state index in [0.717, 1.165) is 45.1 Å². The van der Waals surface area contributed by atoms with Gasteiger partial charge < -0.3 is 14.4 Å². The number of rotatable bonds is 7. The molecule has 1 aliphatic heterocycles. The fraction of sp³-hybridized carbons (Fsp3) is 0.647. The average molecular weight is 278 g/mol. The van der Waals surface area contributed by atoms with Crippen LogP contribution in [0.3, 0.4) is 0 Å². The summed E-state index contributed by atoms with van der Waals surface area (Å²) in [7, 11) is 0. The lowest BCUT2D eigenvalue weighted by atomic mass is 9.99. The molecular formula is C17H28NO2+. The minimum Gasteiger partial charge on any atom is -0.493 e. The Hall–Kier alpha value is -1.06. The number of morpholine rings is 1. The summed E-state index contributed by atoms with van der Waals surface area (Å²) in [6.45, 7) is 10.6. The van der Waals surface area contributed by atoms with Gasteiger partial charge in [0.15, 0.2) is 0 Å². The molecule has 1 N–H and O–H groups in total. The molecule has 0 unspecified atom stereocenters. The largest absolute Gasteiger partial charge is 0.493 e. The van der Waals surface area contributed by atoms with Gasteiger partial charge >= 0.3 is 0 Å². The molecule has 0 radical (unpaired) electrons. The van der Waals surface area contributed by atoms with Gasteiger partial charge in [-0.15, -0.1) is 0 Å². The van der Waals surface area contributed by atoms with E-state index in [0.29, 0.717) is 5.92 Å². The van der Waals surface area contributed by atoms with Crippen LogP contribution in [0, 0.1) is 0 Å². The molecule has 1 heterocycles. The Morgan fingerprint density at radius 1 is 1.20 bits per heavy atom. The van der Waals surface area contributed by atoms with Crippen LogP contribution in [0.1, 0.15) is 38.2 Å². The Kier molecular flexibility index (Phi) is 6.34. The summed E-state index contributed by atoms with van der Waals surface area (Å²) in [5, 5.41) is 0. The zero-order valence-electron chi connectivity index (χ0n) is 12.9. The van der Waals surface area contributed by atoms with Gasteiger partial charge in [0, 0.05) is 6.42 Å². The molecule has 3 heteroatoms. The molecule has 0 aliphatic carbocycles. The van der Waals surface area contributed by atoms with Crippen molar-refractivity contribution in [2.75, 3.05) is 39.5 Å². The van der Waals surface area contributed by atoms with E-state index < -0.39 is 0 Å². The normalized spacial score (nSPS) is 17.9. The van der Waals surface area contributed by atoms with Crippen molar-refractivity contribution < 1.29 is 14.4 Å². The van der Waals surface area contributed by atoms with Crippen LogP contribution in [0.15, 0.2) is 24.3 Å². The van der Waals surface area contributed by atoms with Gasteiger partial charge in [-0.05, 0) is 30.0 Å². The van der Waals surface area contributed by atoms with Gasteiger partial charge in [0.2, 0.25) is 0 Å². The highest BCUT2D eigenvalue weighted by Gasteiger charge is 2.12. The number of ether oxygens (including phenoxy) is 2. The Balaban J connectivity index is 1.66. The van der Waals surface area contributed by atoms with Crippen molar-refractivity contribution in [2.45, 2.75) is 32.6 Å². The quantitative estimate of drug-likeness (QED) is 0.770. The zero-order chi connectivity index (χ0) is 14.2. The topological polar surface area (TPSA) is 22.9 Å². The molecule has 0 aromatic heterocycles. The minimum atomic E-state index is 0.633. The number of nitrogens with one attached hydrogen (secondary N) is 1. The first-order valence-corrected chi connectivity index (χ1v) is 7.93. The summed E-state index contributed by atoms with van der Waals surface area (Å²) in [5.74, 6) is 1.63. The van der Waals surface area contributed by atoms with Crippen LogP contribution in [0.2, 0.25) is 0 Å². The average Bonchev–Trinajstić information content (AvgIpc) is 2.52. The Morgan fingerprint density at radius 3 is 2.55 bits per heavy atom. The lowest BCUT2D eigenvalue weighted by Crippen LogP contribution is -3.14. The van der Waals surface area contributed by atoms with E-state index in [2.05, 4.69) is 38.1 Å². The Bertz CT molecular complexity index is 371. The highest BCUT2D eigenvalue weighted by atomic mass is 16.5. The Labute approximate surface area is 122 Å². The van der Waals surface area contributed by atoms with E-state index in [4.69, 9.17) is 9.47 Å². The molecule has 112 valence electrons. The van der Waals surface area contributed by atoms with Gasteiger partial charge in [0.05, 0.1) is 26.4 Å². The van der Waals surface area contributed by atoms with Crippen molar-refractivity contribution in [2.24, 2.45) is 0 Å². The van der Waals surface area contributed by atoms with Crippen molar-refractivity contribution in [1.29, 1.82) is 0 Å². The maximum atomic E-state index is 5.82. The summed E-state index contributed by atoms with van der Waals surface area (Å²) in [6, 6.07) is 8.58. The lowest BCUT2D eigenvalue weighted by Gasteiger charge is -2.23. The zero-order valence-corrected chi connectivity index (χ0v) is 12.9. The molecule has 0 saturated carbocycles. The van der Waals surface area contributed by atoms with Crippen LogP contribution in [0.4, 0.5) is 0 Å². The summed E-state index contributed by atoms with van der Waals surface area (Å²) in [4.78, 5) is 1.65. The van der Waals surface area contributed by atoms with Gasteiger partial charge in [-0.1, -0.05) is 26.0 Å². The molecule has 20 heavy (non-hydrogen) atoms. The summed E-state index contributed by atoms with van der Waals surface area (Å²) < 4.78 is 11.2. The molecule has 3 nitrogen and oxygen atoms in total. The van der Waals surface area contributed by atoms with Gasteiger partial charge in [-0.2, -0.15) is 0 Å². The predicted molar refractivity (Wildman–Crippen MR) is 81.6 cm³/mol. The SMILES string of the molecule is CC[C@@H](C)c1ccc(OCCC[NH+]2CCOCC2)cc1. The molecule has 0 amide bonds. The maximum absolute atomic E-state index is 5.82. The molecule has 1 saturated heterocycles. The third-order valence-electron chi connectivity index (χ3n) is 4.20. The van der Waals surface area contributed by atoms with Crippen molar-refractivity contribution in [3.05, 3.63) is 29.8 Å². The third kappa shape index (κ3) is 4.80. The van der Waals surface area contributed by atoms with Gasteiger partial charge in [-0.25, -0.2) is 0 Å².